The van der Waals surface area contributed by atoms with E-state index >= 15 is 0 Å². The van der Waals surface area contributed by atoms with Gasteiger partial charge in [0.25, 0.3) is 0 Å². The molecule has 17 heavy (non-hydrogen) atoms. The van der Waals surface area contributed by atoms with Gasteiger partial charge < -0.3 is 5.32 Å². The molecule has 0 bridgehead atoms. The molecule has 0 spiro atoms. The minimum Gasteiger partial charge on any atom is -0.313 e. The molecular weight excluding hydrogens is 228 g/mol. The molecule has 1 N–H and O–H groups in total. The Morgan fingerprint density at radius 1 is 1.41 bits per heavy atom. The maximum absolute atomic E-state index is 4.20. The van der Waals surface area contributed by atoms with Crippen molar-refractivity contribution in [1.82, 2.24) is 10.3 Å². The SMILES string of the molecule is CCc1cnccc1C(Cc1cccs1)NC. The van der Waals surface area contributed by atoms with E-state index in [1.165, 1.54) is 16.0 Å². The maximum atomic E-state index is 4.20. The van der Waals surface area contributed by atoms with Crippen LogP contribution >= 0.6 is 11.3 Å². The zero-order valence-corrected chi connectivity index (χ0v) is 11.1. The molecule has 2 heterocycles. The minimum atomic E-state index is 0.381. The van der Waals surface area contributed by atoms with Crippen molar-refractivity contribution in [3.8, 4) is 0 Å². The van der Waals surface area contributed by atoms with Crippen LogP contribution in [0.4, 0.5) is 0 Å². The first-order valence-corrected chi connectivity index (χ1v) is 6.85. The molecule has 2 nitrogen and oxygen atoms in total. The van der Waals surface area contributed by atoms with Crippen LogP contribution in [0.5, 0.6) is 0 Å². The van der Waals surface area contributed by atoms with Gasteiger partial charge in [0.05, 0.1) is 0 Å². The summed E-state index contributed by atoms with van der Waals surface area (Å²) in [5.74, 6) is 0. The molecule has 0 radical (unpaired) electrons. The standard InChI is InChI=1S/C14H18N2S/c1-3-11-10-16-7-6-13(11)14(15-2)9-12-5-4-8-17-12/h4-8,10,14-15H,3,9H2,1-2H3. The fourth-order valence-electron chi connectivity index (χ4n) is 2.07. The first-order valence-electron chi connectivity index (χ1n) is 5.97. The Hall–Kier alpha value is -1.19. The highest BCUT2D eigenvalue weighted by molar-refractivity contribution is 7.09. The number of nitrogens with zero attached hydrogens (tertiary/aromatic N) is 1. The summed E-state index contributed by atoms with van der Waals surface area (Å²) < 4.78 is 0. The number of thiophene rings is 1. The number of hydrogen-bond donors (Lipinski definition) is 1. The lowest BCUT2D eigenvalue weighted by Gasteiger charge is -2.18. The van der Waals surface area contributed by atoms with E-state index in [0.29, 0.717) is 6.04 Å². The number of pyridine rings is 1. The minimum absolute atomic E-state index is 0.381. The van der Waals surface area contributed by atoms with Gasteiger partial charge in [0, 0.05) is 29.7 Å². The van der Waals surface area contributed by atoms with E-state index in [1.807, 2.05) is 30.8 Å². The summed E-state index contributed by atoms with van der Waals surface area (Å²) in [6.45, 7) is 2.18. The monoisotopic (exact) mass is 246 g/mol. The molecule has 0 aliphatic carbocycles. The van der Waals surface area contributed by atoms with Gasteiger partial charge in [-0.2, -0.15) is 0 Å². The number of hydrogen-bond acceptors (Lipinski definition) is 3. The van der Waals surface area contributed by atoms with Gasteiger partial charge in [-0.15, -0.1) is 11.3 Å². The predicted molar refractivity (Wildman–Crippen MR) is 73.4 cm³/mol. The summed E-state index contributed by atoms with van der Waals surface area (Å²) in [5, 5.41) is 5.54. The van der Waals surface area contributed by atoms with E-state index in [2.05, 4.69) is 40.8 Å². The highest BCUT2D eigenvalue weighted by Crippen LogP contribution is 2.23. The molecule has 3 heteroatoms. The second-order valence-electron chi connectivity index (χ2n) is 4.05. The van der Waals surface area contributed by atoms with Crippen LogP contribution in [0.1, 0.15) is 29.0 Å². The van der Waals surface area contributed by atoms with E-state index in [-0.39, 0.29) is 0 Å². The summed E-state index contributed by atoms with van der Waals surface area (Å²) in [4.78, 5) is 5.62. The van der Waals surface area contributed by atoms with Crippen LogP contribution in [0.15, 0.2) is 36.0 Å². The van der Waals surface area contributed by atoms with Crippen molar-refractivity contribution in [1.29, 1.82) is 0 Å². The average Bonchev–Trinajstić information content (AvgIpc) is 2.89. The van der Waals surface area contributed by atoms with E-state index in [9.17, 15) is 0 Å². The van der Waals surface area contributed by atoms with Crippen molar-refractivity contribution in [2.75, 3.05) is 7.05 Å². The molecule has 1 unspecified atom stereocenters. The molecule has 2 rings (SSSR count). The Labute approximate surface area is 107 Å². The second kappa shape index (κ2) is 5.94. The van der Waals surface area contributed by atoms with Crippen LogP contribution in [-0.4, -0.2) is 12.0 Å². The van der Waals surface area contributed by atoms with Crippen molar-refractivity contribution in [2.45, 2.75) is 25.8 Å². The highest BCUT2D eigenvalue weighted by atomic mass is 32.1. The lowest BCUT2D eigenvalue weighted by molar-refractivity contribution is 0.590. The van der Waals surface area contributed by atoms with Gasteiger partial charge in [-0.05, 0) is 42.1 Å². The summed E-state index contributed by atoms with van der Waals surface area (Å²) in [6, 6.07) is 6.82. The summed E-state index contributed by atoms with van der Waals surface area (Å²) >= 11 is 1.82. The highest BCUT2D eigenvalue weighted by Gasteiger charge is 2.13. The molecule has 0 fully saturated rings. The second-order valence-corrected chi connectivity index (χ2v) is 5.09. The van der Waals surface area contributed by atoms with E-state index < -0.39 is 0 Å². The van der Waals surface area contributed by atoms with Gasteiger partial charge in [0.15, 0.2) is 0 Å². The molecule has 0 amide bonds. The molecule has 2 aromatic rings. The number of rotatable bonds is 5. The molecule has 0 aliphatic heterocycles. The quantitative estimate of drug-likeness (QED) is 0.876. The van der Waals surface area contributed by atoms with Crippen molar-refractivity contribution in [2.24, 2.45) is 0 Å². The number of likely N-dealkylation sites (N-methyl/N-ethyl adjacent to an activating group) is 1. The van der Waals surface area contributed by atoms with Gasteiger partial charge in [-0.1, -0.05) is 13.0 Å². The zero-order valence-electron chi connectivity index (χ0n) is 10.3. The predicted octanol–water partition coefficient (Wildman–Crippen LogP) is 3.21. The van der Waals surface area contributed by atoms with Gasteiger partial charge in [-0.25, -0.2) is 0 Å². The molecule has 0 saturated heterocycles. The summed E-state index contributed by atoms with van der Waals surface area (Å²) in [6.07, 6.45) is 5.94. The van der Waals surface area contributed by atoms with Gasteiger partial charge in [0.1, 0.15) is 0 Å². The Morgan fingerprint density at radius 3 is 2.94 bits per heavy atom. The first-order chi connectivity index (χ1) is 8.35. The van der Waals surface area contributed by atoms with Crippen LogP contribution < -0.4 is 5.32 Å². The third-order valence-corrected chi connectivity index (χ3v) is 3.93. The van der Waals surface area contributed by atoms with Gasteiger partial charge in [0.2, 0.25) is 0 Å². The largest absolute Gasteiger partial charge is 0.313 e. The van der Waals surface area contributed by atoms with Crippen molar-refractivity contribution < 1.29 is 0 Å². The van der Waals surface area contributed by atoms with Crippen LogP contribution in [0.2, 0.25) is 0 Å². The Balaban J connectivity index is 2.22. The topological polar surface area (TPSA) is 24.9 Å². The van der Waals surface area contributed by atoms with Crippen molar-refractivity contribution in [3.63, 3.8) is 0 Å². The smallest absolute Gasteiger partial charge is 0.0370 e. The first kappa shape index (κ1) is 12.3. The molecule has 0 saturated carbocycles. The normalized spacial score (nSPS) is 12.6. The summed E-state index contributed by atoms with van der Waals surface area (Å²) in [7, 11) is 2.03. The number of aromatic nitrogens is 1. The van der Waals surface area contributed by atoms with Crippen molar-refractivity contribution >= 4 is 11.3 Å². The van der Waals surface area contributed by atoms with Gasteiger partial charge >= 0.3 is 0 Å². The molecule has 0 aliphatic rings. The lowest BCUT2D eigenvalue weighted by atomic mass is 9.98. The summed E-state index contributed by atoms with van der Waals surface area (Å²) in [5.41, 5.74) is 2.71. The fraction of sp³-hybridized carbons (Fsp3) is 0.357. The number of nitrogens with one attached hydrogen (secondary N) is 1. The zero-order chi connectivity index (χ0) is 12.1. The Bertz CT molecular complexity index is 451. The number of aryl methyl sites for hydroxylation is 1. The van der Waals surface area contributed by atoms with Gasteiger partial charge in [-0.3, -0.25) is 4.98 Å². The third-order valence-electron chi connectivity index (χ3n) is 3.03. The van der Waals surface area contributed by atoms with E-state index in [0.717, 1.165) is 12.8 Å². The lowest BCUT2D eigenvalue weighted by Crippen LogP contribution is -2.20. The molecular formula is C14H18N2S. The van der Waals surface area contributed by atoms with Crippen LogP contribution in [0.25, 0.3) is 0 Å². The third kappa shape index (κ3) is 2.93. The molecule has 2 aromatic heterocycles. The van der Waals surface area contributed by atoms with Crippen LogP contribution in [-0.2, 0) is 12.8 Å². The average molecular weight is 246 g/mol. The van der Waals surface area contributed by atoms with Crippen LogP contribution in [0.3, 0.4) is 0 Å². The van der Waals surface area contributed by atoms with E-state index in [4.69, 9.17) is 0 Å². The van der Waals surface area contributed by atoms with Crippen molar-refractivity contribution in [3.05, 3.63) is 52.0 Å². The maximum Gasteiger partial charge on any atom is 0.0370 e. The Morgan fingerprint density at radius 2 is 2.29 bits per heavy atom. The Kier molecular flexibility index (Phi) is 4.29. The van der Waals surface area contributed by atoms with E-state index in [1.54, 1.807) is 0 Å². The molecule has 90 valence electrons. The molecule has 0 aromatic carbocycles. The van der Waals surface area contributed by atoms with Crippen LogP contribution in [0, 0.1) is 0 Å². The fourth-order valence-corrected chi connectivity index (χ4v) is 2.82. The molecule has 1 atom stereocenters.